The summed E-state index contributed by atoms with van der Waals surface area (Å²) in [6, 6.07) is 4.00. The Balaban J connectivity index is 3.08. The normalized spacial score (nSPS) is 10.9. The summed E-state index contributed by atoms with van der Waals surface area (Å²) in [6.07, 6.45) is 0. The van der Waals surface area contributed by atoms with Gasteiger partial charge in [0.25, 0.3) is 0 Å². The van der Waals surface area contributed by atoms with E-state index in [0.29, 0.717) is 0 Å². The summed E-state index contributed by atoms with van der Waals surface area (Å²) in [5.74, 6) is -5.65. The lowest BCUT2D eigenvalue weighted by Crippen LogP contribution is -1.97. The molecule has 0 spiro atoms. The van der Waals surface area contributed by atoms with Crippen LogP contribution in [0.5, 0.6) is 5.75 Å². The van der Waals surface area contributed by atoms with Gasteiger partial charge < -0.3 is 10.8 Å². The van der Waals surface area contributed by atoms with Crippen LogP contribution in [0.2, 0.25) is 0 Å². The molecule has 0 radical (unpaired) electrons. The molecule has 78 valence electrons. The lowest BCUT2D eigenvalue weighted by molar-refractivity contribution is 0.395. The van der Waals surface area contributed by atoms with Crippen LogP contribution in [-0.4, -0.2) is 5.11 Å². The first-order chi connectivity index (χ1) is 7.04. The van der Waals surface area contributed by atoms with Crippen LogP contribution < -0.4 is 5.73 Å². The molecule has 0 saturated carbocycles. The van der Waals surface area contributed by atoms with Crippen molar-refractivity contribution in [2.24, 2.45) is 0 Å². The van der Waals surface area contributed by atoms with Crippen molar-refractivity contribution in [1.82, 2.24) is 0 Å². The molecule has 0 unspecified atom stereocenters. The minimum absolute atomic E-state index is 0.0563. The number of phenols is 1. The van der Waals surface area contributed by atoms with Gasteiger partial charge in [-0.05, 0) is 6.07 Å². The van der Waals surface area contributed by atoms with Crippen molar-refractivity contribution in [3.05, 3.63) is 35.7 Å². The fourth-order valence-corrected chi connectivity index (χ4v) is 1.44. The maximum atomic E-state index is 13.3. The molecule has 2 nitrogen and oxygen atoms in total. The number of rotatable bonds is 0. The highest BCUT2D eigenvalue weighted by atomic mass is 19.2. The van der Waals surface area contributed by atoms with Crippen molar-refractivity contribution in [2.75, 3.05) is 5.73 Å². The monoisotopic (exact) mass is 213 g/mol. The number of benzene rings is 2. The molecule has 0 aromatic heterocycles. The van der Waals surface area contributed by atoms with Gasteiger partial charge in [-0.15, -0.1) is 0 Å². The van der Waals surface area contributed by atoms with Gasteiger partial charge in [0.1, 0.15) is 0 Å². The summed E-state index contributed by atoms with van der Waals surface area (Å²) in [4.78, 5) is 0. The second-order valence-corrected chi connectivity index (χ2v) is 3.06. The van der Waals surface area contributed by atoms with E-state index in [2.05, 4.69) is 0 Å². The molecule has 0 bridgehead atoms. The summed E-state index contributed by atoms with van der Waals surface area (Å²) in [5, 5.41) is 8.79. The number of hydrogen-bond acceptors (Lipinski definition) is 2. The van der Waals surface area contributed by atoms with Crippen LogP contribution >= 0.6 is 0 Å². The van der Waals surface area contributed by atoms with Gasteiger partial charge in [0.05, 0.1) is 0 Å². The van der Waals surface area contributed by atoms with Crippen LogP contribution in [-0.2, 0) is 0 Å². The molecule has 0 aliphatic rings. The molecule has 3 N–H and O–H groups in total. The molecule has 0 aliphatic carbocycles. The summed E-state index contributed by atoms with van der Waals surface area (Å²) in [5.41, 5.74) is 5.35. The Kier molecular flexibility index (Phi) is 1.96. The lowest BCUT2D eigenvalue weighted by Gasteiger charge is -2.07. The highest BCUT2D eigenvalue weighted by Gasteiger charge is 2.20. The standard InChI is InChI=1S/C10H6F3NO/c11-7-6-4(2-1-3-5(6)14)10(15)9(13)8(7)12/h1-3,15H,14H2. The second-order valence-electron chi connectivity index (χ2n) is 3.06. The number of anilines is 1. The molecule has 0 fully saturated rings. The van der Waals surface area contributed by atoms with E-state index in [4.69, 9.17) is 5.73 Å². The smallest absolute Gasteiger partial charge is 0.204 e. The average molecular weight is 213 g/mol. The summed E-state index contributed by atoms with van der Waals surface area (Å²) < 4.78 is 39.2. The third-order valence-corrected chi connectivity index (χ3v) is 2.16. The second kappa shape index (κ2) is 3.05. The van der Waals surface area contributed by atoms with Crippen molar-refractivity contribution in [3.8, 4) is 5.75 Å². The average Bonchev–Trinajstić information content (AvgIpc) is 2.23. The van der Waals surface area contributed by atoms with Crippen LogP contribution in [0.25, 0.3) is 10.8 Å². The highest BCUT2D eigenvalue weighted by molar-refractivity contribution is 5.97. The maximum absolute atomic E-state index is 13.3. The van der Waals surface area contributed by atoms with Gasteiger partial charge in [-0.3, -0.25) is 0 Å². The zero-order valence-electron chi connectivity index (χ0n) is 7.39. The van der Waals surface area contributed by atoms with E-state index in [-0.39, 0.29) is 16.5 Å². The van der Waals surface area contributed by atoms with E-state index in [1.807, 2.05) is 0 Å². The summed E-state index contributed by atoms with van der Waals surface area (Å²) >= 11 is 0. The van der Waals surface area contributed by atoms with Crippen LogP contribution in [0.3, 0.4) is 0 Å². The van der Waals surface area contributed by atoms with E-state index in [1.54, 1.807) is 0 Å². The van der Waals surface area contributed by atoms with Crippen LogP contribution in [0.4, 0.5) is 18.9 Å². The Morgan fingerprint density at radius 1 is 1.00 bits per heavy atom. The van der Waals surface area contributed by atoms with Gasteiger partial charge in [0.15, 0.2) is 17.4 Å². The Bertz CT molecular complexity index is 554. The third kappa shape index (κ3) is 1.20. The molecular weight excluding hydrogens is 207 g/mol. The number of hydrogen-bond donors (Lipinski definition) is 2. The molecule has 0 atom stereocenters. The molecule has 2 aromatic rings. The van der Waals surface area contributed by atoms with E-state index < -0.39 is 23.2 Å². The Hall–Kier alpha value is -1.91. The molecular formula is C10H6F3NO. The number of nitrogen functional groups attached to an aromatic ring is 1. The Labute approximate surface area is 82.7 Å². The van der Waals surface area contributed by atoms with E-state index in [0.717, 1.165) is 0 Å². The molecule has 0 aliphatic heterocycles. The number of nitrogens with two attached hydrogens (primary N) is 1. The van der Waals surface area contributed by atoms with Crippen molar-refractivity contribution in [3.63, 3.8) is 0 Å². The SMILES string of the molecule is Nc1cccc2c(O)c(F)c(F)c(F)c12. The highest BCUT2D eigenvalue weighted by Crippen LogP contribution is 2.35. The fourth-order valence-electron chi connectivity index (χ4n) is 1.44. The Morgan fingerprint density at radius 2 is 1.67 bits per heavy atom. The van der Waals surface area contributed by atoms with E-state index in [1.165, 1.54) is 18.2 Å². The van der Waals surface area contributed by atoms with Crippen molar-refractivity contribution < 1.29 is 18.3 Å². The maximum Gasteiger partial charge on any atom is 0.204 e. The number of halogens is 3. The van der Waals surface area contributed by atoms with E-state index >= 15 is 0 Å². The first-order valence-corrected chi connectivity index (χ1v) is 4.07. The van der Waals surface area contributed by atoms with Gasteiger partial charge in [0.2, 0.25) is 5.82 Å². The Morgan fingerprint density at radius 3 is 2.33 bits per heavy atom. The minimum atomic E-state index is -1.72. The first-order valence-electron chi connectivity index (χ1n) is 4.07. The predicted molar refractivity (Wildman–Crippen MR) is 49.9 cm³/mol. The van der Waals surface area contributed by atoms with Crippen LogP contribution in [0.15, 0.2) is 18.2 Å². The zero-order valence-corrected chi connectivity index (χ0v) is 7.39. The number of aromatic hydroxyl groups is 1. The largest absolute Gasteiger partial charge is 0.504 e. The molecule has 2 rings (SSSR count). The zero-order chi connectivity index (χ0) is 11.2. The van der Waals surface area contributed by atoms with Gasteiger partial charge >= 0.3 is 0 Å². The van der Waals surface area contributed by atoms with Gasteiger partial charge in [-0.1, -0.05) is 12.1 Å². The molecule has 5 heteroatoms. The van der Waals surface area contributed by atoms with Gasteiger partial charge in [-0.2, -0.15) is 4.39 Å². The van der Waals surface area contributed by atoms with Crippen molar-refractivity contribution >= 4 is 16.5 Å². The number of fused-ring (bicyclic) bond motifs is 1. The van der Waals surface area contributed by atoms with Gasteiger partial charge in [-0.25, -0.2) is 8.78 Å². The van der Waals surface area contributed by atoms with Crippen molar-refractivity contribution in [2.45, 2.75) is 0 Å². The molecule has 0 saturated heterocycles. The quantitative estimate of drug-likeness (QED) is 0.521. The van der Waals surface area contributed by atoms with Crippen molar-refractivity contribution in [1.29, 1.82) is 0 Å². The topological polar surface area (TPSA) is 46.2 Å². The minimum Gasteiger partial charge on any atom is -0.504 e. The molecule has 0 heterocycles. The van der Waals surface area contributed by atoms with E-state index in [9.17, 15) is 18.3 Å². The molecule has 2 aromatic carbocycles. The third-order valence-electron chi connectivity index (χ3n) is 2.16. The fraction of sp³-hybridized carbons (Fsp3) is 0. The predicted octanol–water partition coefficient (Wildman–Crippen LogP) is 2.54. The lowest BCUT2D eigenvalue weighted by atomic mass is 10.1. The summed E-state index contributed by atoms with van der Waals surface area (Å²) in [7, 11) is 0. The summed E-state index contributed by atoms with van der Waals surface area (Å²) in [6.45, 7) is 0. The van der Waals surface area contributed by atoms with Crippen LogP contribution in [0.1, 0.15) is 0 Å². The van der Waals surface area contributed by atoms with Gasteiger partial charge in [0, 0.05) is 16.5 Å². The molecule has 15 heavy (non-hydrogen) atoms. The molecule has 0 amide bonds. The van der Waals surface area contributed by atoms with Crippen LogP contribution in [0, 0.1) is 17.5 Å². The first kappa shape index (κ1) is 9.64. The number of phenolic OH excluding ortho intramolecular Hbond substituents is 1.